The molecule has 86 valence electrons. The molecule has 0 N–H and O–H groups in total. The van der Waals surface area contributed by atoms with Gasteiger partial charge in [0.05, 0.1) is 11.8 Å². The Balaban J connectivity index is 2.13. The molecule has 3 aliphatic heterocycles. The van der Waals surface area contributed by atoms with Crippen molar-refractivity contribution >= 4 is 23.4 Å². The molecule has 0 aliphatic carbocycles. The second-order valence-electron chi connectivity index (χ2n) is 4.62. The molecule has 0 radical (unpaired) electrons. The molecule has 0 saturated carbocycles. The molecule has 0 spiro atoms. The van der Waals surface area contributed by atoms with E-state index in [4.69, 9.17) is 16.3 Å². The van der Waals surface area contributed by atoms with Gasteiger partial charge in [-0.25, -0.2) is 0 Å². The molecule has 4 nitrogen and oxygen atoms in total. The third-order valence-electron chi connectivity index (χ3n) is 3.98. The lowest BCUT2D eigenvalue weighted by Crippen LogP contribution is -2.39. The summed E-state index contributed by atoms with van der Waals surface area (Å²) in [6.07, 6.45) is 2.06. The van der Waals surface area contributed by atoms with Gasteiger partial charge < -0.3 is 4.74 Å². The maximum Gasteiger partial charge on any atom is 0.236 e. The first-order chi connectivity index (χ1) is 7.52. The zero-order valence-corrected chi connectivity index (χ0v) is 9.82. The average Bonchev–Trinajstić information content (AvgIpc) is 2.84. The first-order valence-electron chi connectivity index (χ1n) is 5.39. The van der Waals surface area contributed by atoms with Crippen molar-refractivity contribution in [1.82, 2.24) is 4.90 Å². The molecule has 3 aliphatic rings. The van der Waals surface area contributed by atoms with Crippen molar-refractivity contribution in [3.05, 3.63) is 11.1 Å². The summed E-state index contributed by atoms with van der Waals surface area (Å²) < 4.78 is 5.78. The van der Waals surface area contributed by atoms with Gasteiger partial charge in [0.2, 0.25) is 11.8 Å². The summed E-state index contributed by atoms with van der Waals surface area (Å²) in [5.74, 6) is -1.08. The van der Waals surface area contributed by atoms with Crippen LogP contribution in [0, 0.1) is 11.8 Å². The summed E-state index contributed by atoms with van der Waals surface area (Å²) in [6.45, 7) is 1.95. The van der Waals surface area contributed by atoms with Gasteiger partial charge in [-0.15, -0.1) is 0 Å². The van der Waals surface area contributed by atoms with E-state index in [-0.39, 0.29) is 17.7 Å². The summed E-state index contributed by atoms with van der Waals surface area (Å²) in [5.41, 5.74) is -0.649. The fourth-order valence-electron chi connectivity index (χ4n) is 3.11. The van der Waals surface area contributed by atoms with Crippen LogP contribution in [0.2, 0.25) is 0 Å². The Bertz CT molecular complexity index is 433. The van der Waals surface area contributed by atoms with Crippen LogP contribution in [-0.4, -0.2) is 35.5 Å². The molecule has 4 unspecified atom stereocenters. The number of likely N-dealkylation sites (tertiary alicyclic amines) is 1. The van der Waals surface area contributed by atoms with Gasteiger partial charge in [0.15, 0.2) is 0 Å². The van der Waals surface area contributed by atoms with Gasteiger partial charge in [-0.1, -0.05) is 18.5 Å². The van der Waals surface area contributed by atoms with E-state index in [9.17, 15) is 9.59 Å². The van der Waals surface area contributed by atoms with Gasteiger partial charge in [0.1, 0.15) is 11.7 Å². The third kappa shape index (κ3) is 0.908. The van der Waals surface area contributed by atoms with Crippen LogP contribution in [0.5, 0.6) is 0 Å². The molecular weight excluding hydrogens is 230 g/mol. The van der Waals surface area contributed by atoms with Crippen LogP contribution < -0.4 is 0 Å². The standard InChI is InChI=1S/C11H12ClNO3/c1-3-11-4-5(12)8(16-11)6-7(11)10(15)13(2)9(6)14/h4,6-8H,3H2,1-2H3. The van der Waals surface area contributed by atoms with Crippen molar-refractivity contribution in [2.45, 2.75) is 25.0 Å². The van der Waals surface area contributed by atoms with E-state index >= 15 is 0 Å². The molecule has 5 heteroatoms. The van der Waals surface area contributed by atoms with E-state index in [1.165, 1.54) is 11.9 Å². The lowest BCUT2D eigenvalue weighted by atomic mass is 9.75. The average molecular weight is 242 g/mol. The van der Waals surface area contributed by atoms with E-state index in [2.05, 4.69) is 0 Å². The Morgan fingerprint density at radius 1 is 1.50 bits per heavy atom. The first-order valence-corrected chi connectivity index (χ1v) is 5.77. The zero-order valence-electron chi connectivity index (χ0n) is 9.07. The number of hydrogen-bond donors (Lipinski definition) is 0. The minimum atomic E-state index is -0.649. The summed E-state index contributed by atoms with van der Waals surface area (Å²) in [4.78, 5) is 25.1. The fraction of sp³-hybridized carbons (Fsp3) is 0.636. The highest BCUT2D eigenvalue weighted by molar-refractivity contribution is 6.31. The van der Waals surface area contributed by atoms with Crippen LogP contribution in [0.1, 0.15) is 13.3 Å². The molecule has 4 atom stereocenters. The van der Waals surface area contributed by atoms with Crippen molar-refractivity contribution in [1.29, 1.82) is 0 Å². The number of halogens is 1. The number of ether oxygens (including phenoxy) is 1. The number of carbonyl (C=O) groups is 2. The smallest absolute Gasteiger partial charge is 0.236 e. The van der Waals surface area contributed by atoms with Gasteiger partial charge in [-0.05, 0) is 12.5 Å². The maximum atomic E-state index is 12.0. The lowest BCUT2D eigenvalue weighted by Gasteiger charge is -2.26. The van der Waals surface area contributed by atoms with Crippen molar-refractivity contribution in [2.24, 2.45) is 11.8 Å². The molecule has 0 aromatic carbocycles. The summed E-state index contributed by atoms with van der Waals surface area (Å²) >= 11 is 6.06. The molecule has 2 saturated heterocycles. The Morgan fingerprint density at radius 3 is 2.81 bits per heavy atom. The van der Waals surface area contributed by atoms with E-state index in [1.54, 1.807) is 0 Å². The lowest BCUT2D eigenvalue weighted by molar-refractivity contribution is -0.142. The Kier molecular flexibility index (Phi) is 1.85. The minimum absolute atomic E-state index is 0.139. The Labute approximate surface area is 98.2 Å². The number of rotatable bonds is 1. The molecule has 2 fully saturated rings. The molecule has 0 aromatic rings. The number of fused-ring (bicyclic) bond motifs is 5. The second-order valence-corrected chi connectivity index (χ2v) is 5.05. The summed E-state index contributed by atoms with van der Waals surface area (Å²) in [7, 11) is 1.53. The number of imide groups is 1. The minimum Gasteiger partial charge on any atom is -0.360 e. The van der Waals surface area contributed by atoms with E-state index in [0.29, 0.717) is 11.5 Å². The van der Waals surface area contributed by atoms with E-state index in [1.807, 2.05) is 13.0 Å². The fourth-order valence-corrected chi connectivity index (χ4v) is 3.47. The molecule has 2 amide bonds. The van der Waals surface area contributed by atoms with Gasteiger partial charge in [-0.2, -0.15) is 0 Å². The highest BCUT2D eigenvalue weighted by Crippen LogP contribution is 2.56. The SMILES string of the molecule is CCC12C=C(Cl)C(O1)C1C(=O)N(C)C(=O)C12. The molecule has 0 aromatic heterocycles. The highest BCUT2D eigenvalue weighted by atomic mass is 35.5. The van der Waals surface area contributed by atoms with Crippen LogP contribution in [0.15, 0.2) is 11.1 Å². The zero-order chi connectivity index (χ0) is 11.7. The number of hydrogen-bond acceptors (Lipinski definition) is 3. The largest absolute Gasteiger partial charge is 0.360 e. The molecule has 2 bridgehead atoms. The van der Waals surface area contributed by atoms with Crippen LogP contribution in [0.4, 0.5) is 0 Å². The first kappa shape index (κ1) is 10.3. The van der Waals surface area contributed by atoms with Crippen molar-refractivity contribution < 1.29 is 14.3 Å². The van der Waals surface area contributed by atoms with Gasteiger partial charge >= 0.3 is 0 Å². The van der Waals surface area contributed by atoms with Crippen molar-refractivity contribution in [2.75, 3.05) is 7.05 Å². The topological polar surface area (TPSA) is 46.6 Å². The number of carbonyl (C=O) groups excluding carboxylic acids is 2. The summed E-state index contributed by atoms with van der Waals surface area (Å²) in [6, 6.07) is 0. The monoisotopic (exact) mass is 241 g/mol. The maximum absolute atomic E-state index is 12.0. The third-order valence-corrected chi connectivity index (χ3v) is 4.30. The Morgan fingerprint density at radius 2 is 2.19 bits per heavy atom. The predicted molar refractivity (Wildman–Crippen MR) is 56.6 cm³/mol. The Hall–Kier alpha value is -0.870. The van der Waals surface area contributed by atoms with E-state index < -0.39 is 17.6 Å². The van der Waals surface area contributed by atoms with Gasteiger partial charge in [-0.3, -0.25) is 14.5 Å². The van der Waals surface area contributed by atoms with Gasteiger partial charge in [0.25, 0.3) is 0 Å². The molecule has 16 heavy (non-hydrogen) atoms. The molecule has 3 heterocycles. The van der Waals surface area contributed by atoms with Crippen molar-refractivity contribution in [3.8, 4) is 0 Å². The van der Waals surface area contributed by atoms with Crippen LogP contribution in [0.3, 0.4) is 0 Å². The quantitative estimate of drug-likeness (QED) is 0.641. The van der Waals surface area contributed by atoms with Crippen molar-refractivity contribution in [3.63, 3.8) is 0 Å². The molecular formula is C11H12ClNO3. The normalized spacial score (nSPS) is 45.3. The van der Waals surface area contributed by atoms with Crippen LogP contribution >= 0.6 is 11.6 Å². The van der Waals surface area contributed by atoms with E-state index in [0.717, 1.165) is 0 Å². The van der Waals surface area contributed by atoms with Crippen LogP contribution in [-0.2, 0) is 14.3 Å². The number of amides is 2. The molecule has 3 rings (SSSR count). The van der Waals surface area contributed by atoms with Gasteiger partial charge in [0, 0.05) is 12.1 Å². The highest BCUT2D eigenvalue weighted by Gasteiger charge is 2.68. The summed E-state index contributed by atoms with van der Waals surface area (Å²) in [5, 5.41) is 0.569. The number of nitrogens with zero attached hydrogens (tertiary/aromatic N) is 1. The van der Waals surface area contributed by atoms with Crippen LogP contribution in [0.25, 0.3) is 0 Å². The second kappa shape index (κ2) is 2.87. The predicted octanol–water partition coefficient (Wildman–Crippen LogP) is 0.901.